The molecule has 3 N–H and O–H groups in total. The maximum absolute atomic E-state index is 11.5. The number of hydrogen-bond acceptors (Lipinski definition) is 2. The number of rotatable bonds is 3. The van der Waals surface area contributed by atoms with Gasteiger partial charge in [-0.15, -0.1) is 0 Å². The predicted molar refractivity (Wildman–Crippen MR) is 71.1 cm³/mol. The second-order valence-corrected chi connectivity index (χ2v) is 4.38. The summed E-state index contributed by atoms with van der Waals surface area (Å²) in [5, 5.41) is 0. The largest absolute Gasteiger partial charge is 0.345 e. The van der Waals surface area contributed by atoms with Crippen LogP contribution in [0.2, 0.25) is 0 Å². The monoisotopic (exact) mass is 243 g/mol. The highest BCUT2D eigenvalue weighted by atomic mass is 16.2. The van der Waals surface area contributed by atoms with Crippen LogP contribution in [0, 0.1) is 13.8 Å². The Morgan fingerprint density at radius 1 is 1.22 bits per heavy atom. The highest BCUT2D eigenvalue weighted by Gasteiger charge is 2.06. The summed E-state index contributed by atoms with van der Waals surface area (Å²) in [6.07, 6.45) is 0. The van der Waals surface area contributed by atoms with Gasteiger partial charge in [0.25, 0.3) is 5.91 Å². The molecule has 0 saturated heterocycles. The van der Waals surface area contributed by atoms with Gasteiger partial charge in [-0.05, 0) is 43.7 Å². The van der Waals surface area contributed by atoms with E-state index in [0.29, 0.717) is 5.56 Å². The normalized spacial score (nSPS) is 10.4. The van der Waals surface area contributed by atoms with Gasteiger partial charge in [-0.1, -0.05) is 12.1 Å². The molecule has 94 valence electrons. The summed E-state index contributed by atoms with van der Waals surface area (Å²) in [6, 6.07) is 11.7. The Kier molecular flexibility index (Phi) is 3.48. The lowest BCUT2D eigenvalue weighted by atomic mass is 10.1. The molecule has 0 unspecified atom stereocenters. The van der Waals surface area contributed by atoms with Crippen molar-refractivity contribution in [2.45, 2.75) is 20.4 Å². The van der Waals surface area contributed by atoms with Gasteiger partial charge >= 0.3 is 0 Å². The van der Waals surface area contributed by atoms with Crippen LogP contribution in [-0.2, 0) is 6.54 Å². The minimum atomic E-state index is -0.266. The van der Waals surface area contributed by atoms with Gasteiger partial charge in [0.15, 0.2) is 0 Å². The topological polar surface area (TPSA) is 60.0 Å². The van der Waals surface area contributed by atoms with Crippen LogP contribution in [0.3, 0.4) is 0 Å². The minimum absolute atomic E-state index is 0.266. The van der Waals surface area contributed by atoms with E-state index in [4.69, 9.17) is 5.84 Å². The number of carbonyl (C=O) groups excluding carboxylic acids is 1. The Morgan fingerprint density at radius 3 is 2.50 bits per heavy atom. The van der Waals surface area contributed by atoms with Gasteiger partial charge in [-0.25, -0.2) is 5.84 Å². The van der Waals surface area contributed by atoms with E-state index in [1.807, 2.05) is 18.2 Å². The molecule has 0 aliphatic rings. The van der Waals surface area contributed by atoms with Crippen LogP contribution in [0.5, 0.6) is 0 Å². The molecule has 4 nitrogen and oxygen atoms in total. The van der Waals surface area contributed by atoms with Crippen molar-refractivity contribution in [1.82, 2.24) is 9.99 Å². The molecule has 0 saturated carbocycles. The van der Waals surface area contributed by atoms with Gasteiger partial charge in [0.2, 0.25) is 0 Å². The molecule has 0 spiro atoms. The number of hydrazine groups is 1. The number of benzene rings is 1. The van der Waals surface area contributed by atoms with Crippen molar-refractivity contribution in [2.24, 2.45) is 5.84 Å². The number of aromatic nitrogens is 1. The fraction of sp³-hybridized carbons (Fsp3) is 0.214. The van der Waals surface area contributed by atoms with Crippen molar-refractivity contribution in [2.75, 3.05) is 0 Å². The van der Waals surface area contributed by atoms with Crippen LogP contribution < -0.4 is 11.3 Å². The standard InChI is InChI=1S/C14H17N3O/c1-10-6-7-11(2)17(10)9-12-4-3-5-13(8-12)14(18)16-15/h3-8H,9,15H2,1-2H3,(H,16,18). The van der Waals surface area contributed by atoms with Gasteiger partial charge < -0.3 is 4.57 Å². The van der Waals surface area contributed by atoms with E-state index in [9.17, 15) is 4.79 Å². The first-order valence-electron chi connectivity index (χ1n) is 5.84. The van der Waals surface area contributed by atoms with Crippen LogP contribution in [0.25, 0.3) is 0 Å². The molecule has 0 atom stereocenters. The summed E-state index contributed by atoms with van der Waals surface area (Å²) in [7, 11) is 0. The smallest absolute Gasteiger partial charge is 0.265 e. The molecule has 1 heterocycles. The average Bonchev–Trinajstić information content (AvgIpc) is 2.70. The van der Waals surface area contributed by atoms with E-state index in [-0.39, 0.29) is 5.91 Å². The maximum atomic E-state index is 11.5. The van der Waals surface area contributed by atoms with Gasteiger partial charge in [-0.2, -0.15) is 0 Å². The molecule has 1 amide bonds. The first kappa shape index (κ1) is 12.4. The first-order valence-corrected chi connectivity index (χ1v) is 5.84. The Hall–Kier alpha value is -2.07. The van der Waals surface area contributed by atoms with Gasteiger partial charge in [0.1, 0.15) is 0 Å². The van der Waals surface area contributed by atoms with Crippen LogP contribution in [-0.4, -0.2) is 10.5 Å². The second kappa shape index (κ2) is 5.06. The molecule has 18 heavy (non-hydrogen) atoms. The van der Waals surface area contributed by atoms with Crippen LogP contribution in [0.1, 0.15) is 27.3 Å². The second-order valence-electron chi connectivity index (χ2n) is 4.38. The molecular weight excluding hydrogens is 226 g/mol. The molecule has 2 aromatic rings. The van der Waals surface area contributed by atoms with Crippen LogP contribution in [0.4, 0.5) is 0 Å². The SMILES string of the molecule is Cc1ccc(C)n1Cc1cccc(C(=O)NN)c1. The number of nitrogens with one attached hydrogen (secondary N) is 1. The lowest BCUT2D eigenvalue weighted by Crippen LogP contribution is -2.30. The number of aryl methyl sites for hydroxylation is 2. The number of nitrogen functional groups attached to an aromatic ring is 1. The van der Waals surface area contributed by atoms with E-state index in [1.165, 1.54) is 11.4 Å². The van der Waals surface area contributed by atoms with E-state index < -0.39 is 0 Å². The number of nitrogens with two attached hydrogens (primary N) is 1. The van der Waals surface area contributed by atoms with Crippen molar-refractivity contribution in [3.8, 4) is 0 Å². The zero-order valence-corrected chi connectivity index (χ0v) is 10.6. The summed E-state index contributed by atoms with van der Waals surface area (Å²) in [6.45, 7) is 4.91. The van der Waals surface area contributed by atoms with Crippen molar-refractivity contribution in [3.05, 3.63) is 58.9 Å². The minimum Gasteiger partial charge on any atom is -0.345 e. The lowest BCUT2D eigenvalue weighted by Gasteiger charge is -2.10. The molecule has 0 radical (unpaired) electrons. The van der Waals surface area contributed by atoms with Crippen molar-refractivity contribution in [1.29, 1.82) is 0 Å². The zero-order chi connectivity index (χ0) is 13.1. The first-order chi connectivity index (χ1) is 8.61. The highest BCUT2D eigenvalue weighted by molar-refractivity contribution is 5.93. The van der Waals surface area contributed by atoms with E-state index in [2.05, 4.69) is 36.0 Å². The van der Waals surface area contributed by atoms with Crippen molar-refractivity contribution in [3.63, 3.8) is 0 Å². The molecule has 4 heteroatoms. The average molecular weight is 243 g/mol. The Morgan fingerprint density at radius 2 is 1.89 bits per heavy atom. The van der Waals surface area contributed by atoms with Crippen molar-refractivity contribution < 1.29 is 4.79 Å². The van der Waals surface area contributed by atoms with E-state index >= 15 is 0 Å². The van der Waals surface area contributed by atoms with E-state index in [0.717, 1.165) is 12.1 Å². The molecule has 0 aliphatic carbocycles. The molecule has 0 fully saturated rings. The fourth-order valence-electron chi connectivity index (χ4n) is 2.03. The fourth-order valence-corrected chi connectivity index (χ4v) is 2.03. The Bertz CT molecular complexity index is 553. The quantitative estimate of drug-likeness (QED) is 0.490. The summed E-state index contributed by atoms with van der Waals surface area (Å²) >= 11 is 0. The third kappa shape index (κ3) is 2.43. The zero-order valence-electron chi connectivity index (χ0n) is 10.6. The summed E-state index contributed by atoms with van der Waals surface area (Å²) in [4.78, 5) is 11.5. The number of amides is 1. The Labute approximate surface area is 106 Å². The van der Waals surface area contributed by atoms with Gasteiger partial charge in [0.05, 0.1) is 0 Å². The third-order valence-corrected chi connectivity index (χ3v) is 3.08. The maximum Gasteiger partial charge on any atom is 0.265 e. The van der Waals surface area contributed by atoms with Crippen LogP contribution >= 0.6 is 0 Å². The lowest BCUT2D eigenvalue weighted by molar-refractivity contribution is 0.0953. The third-order valence-electron chi connectivity index (χ3n) is 3.08. The van der Waals surface area contributed by atoms with Crippen LogP contribution in [0.15, 0.2) is 36.4 Å². The number of nitrogens with zero attached hydrogens (tertiary/aromatic N) is 1. The number of hydrogen-bond donors (Lipinski definition) is 2. The predicted octanol–water partition coefficient (Wildman–Crippen LogP) is 1.76. The van der Waals surface area contributed by atoms with Crippen molar-refractivity contribution >= 4 is 5.91 Å². The molecule has 0 aliphatic heterocycles. The Balaban J connectivity index is 2.27. The van der Waals surface area contributed by atoms with Gasteiger partial charge in [0, 0.05) is 23.5 Å². The molecule has 1 aromatic carbocycles. The molecule has 2 rings (SSSR count). The highest BCUT2D eigenvalue weighted by Crippen LogP contribution is 2.12. The summed E-state index contributed by atoms with van der Waals surface area (Å²) in [5.41, 5.74) is 6.23. The number of carbonyl (C=O) groups is 1. The molecular formula is C14H17N3O. The summed E-state index contributed by atoms with van der Waals surface area (Å²) in [5.74, 6) is 4.87. The molecule has 1 aromatic heterocycles. The van der Waals surface area contributed by atoms with E-state index in [1.54, 1.807) is 6.07 Å². The van der Waals surface area contributed by atoms with Gasteiger partial charge in [-0.3, -0.25) is 10.2 Å². The summed E-state index contributed by atoms with van der Waals surface area (Å²) < 4.78 is 2.21. The molecule has 0 bridgehead atoms.